The van der Waals surface area contributed by atoms with Crippen LogP contribution in [-0.4, -0.2) is 11.8 Å². The van der Waals surface area contributed by atoms with Crippen molar-refractivity contribution in [3.8, 4) is 0 Å². The van der Waals surface area contributed by atoms with Gasteiger partial charge in [0.2, 0.25) is 5.91 Å². The zero-order valence-electron chi connectivity index (χ0n) is 8.98. The van der Waals surface area contributed by atoms with E-state index < -0.39 is 5.41 Å². The van der Waals surface area contributed by atoms with Crippen molar-refractivity contribution < 1.29 is 4.79 Å². The summed E-state index contributed by atoms with van der Waals surface area (Å²) in [6.07, 6.45) is 0. The van der Waals surface area contributed by atoms with Crippen LogP contribution in [0, 0.1) is 5.41 Å². The molecule has 5 heteroatoms. The molecule has 0 heterocycles. The van der Waals surface area contributed by atoms with Crippen LogP contribution in [-0.2, 0) is 4.79 Å². The molecule has 2 nitrogen and oxygen atoms in total. The summed E-state index contributed by atoms with van der Waals surface area (Å²) in [6, 6.07) is 4.87. The summed E-state index contributed by atoms with van der Waals surface area (Å²) < 4.78 is 0. The maximum Gasteiger partial charge on any atom is 0.231 e. The lowest BCUT2D eigenvalue weighted by Crippen LogP contribution is -2.32. The molecule has 16 heavy (non-hydrogen) atoms. The maximum absolute atomic E-state index is 11.8. The van der Waals surface area contributed by atoms with Gasteiger partial charge in [-0.2, -0.15) is 0 Å². The van der Waals surface area contributed by atoms with Crippen molar-refractivity contribution in [3.63, 3.8) is 0 Å². The number of nitrogens with one attached hydrogen (secondary N) is 1. The molecule has 0 unspecified atom stereocenters. The number of alkyl halides is 1. The summed E-state index contributed by atoms with van der Waals surface area (Å²) in [4.78, 5) is 11.8. The summed E-state index contributed by atoms with van der Waals surface area (Å²) in [6.45, 7) is 3.53. The van der Waals surface area contributed by atoms with E-state index in [1.807, 2.05) is 0 Å². The lowest BCUT2D eigenvalue weighted by Gasteiger charge is -2.20. The fraction of sp³-hybridized carbons (Fsp3) is 0.364. The van der Waals surface area contributed by atoms with Crippen LogP contribution in [0.15, 0.2) is 18.2 Å². The van der Waals surface area contributed by atoms with Crippen LogP contribution in [0.25, 0.3) is 0 Å². The molecule has 0 aromatic heterocycles. The summed E-state index contributed by atoms with van der Waals surface area (Å²) in [5.74, 6) is 0.0773. The van der Waals surface area contributed by atoms with Gasteiger partial charge in [-0.15, -0.1) is 11.6 Å². The molecule has 0 aliphatic rings. The number of carbonyl (C=O) groups is 1. The zero-order valence-corrected chi connectivity index (χ0v) is 11.2. The highest BCUT2D eigenvalue weighted by molar-refractivity contribution is 6.35. The van der Waals surface area contributed by atoms with Crippen LogP contribution in [0.5, 0.6) is 0 Å². The molecule has 0 saturated heterocycles. The summed E-state index contributed by atoms with van der Waals surface area (Å²) in [7, 11) is 0. The van der Waals surface area contributed by atoms with Crippen LogP contribution in [0.2, 0.25) is 10.0 Å². The van der Waals surface area contributed by atoms with E-state index in [9.17, 15) is 4.79 Å². The molecule has 0 fully saturated rings. The number of hydrogen-bond acceptors (Lipinski definition) is 1. The Morgan fingerprint density at radius 2 is 1.75 bits per heavy atom. The maximum atomic E-state index is 11.8. The third-order valence-corrected chi connectivity index (χ3v) is 3.17. The van der Waals surface area contributed by atoms with Gasteiger partial charge in [-0.05, 0) is 32.0 Å². The lowest BCUT2D eigenvalue weighted by molar-refractivity contribution is -0.122. The first-order chi connectivity index (χ1) is 7.35. The van der Waals surface area contributed by atoms with E-state index >= 15 is 0 Å². The van der Waals surface area contributed by atoms with Crippen LogP contribution < -0.4 is 5.32 Å². The molecule has 0 bridgehead atoms. The molecule has 1 N–H and O–H groups in total. The van der Waals surface area contributed by atoms with Crippen molar-refractivity contribution >= 4 is 46.4 Å². The largest absolute Gasteiger partial charge is 0.325 e. The first kappa shape index (κ1) is 13.6. The molecule has 1 aromatic carbocycles. The number of rotatable bonds is 3. The number of carbonyl (C=O) groups excluding carboxylic acids is 1. The Balaban J connectivity index is 2.85. The number of amides is 1. The van der Waals surface area contributed by atoms with Gasteiger partial charge in [0.25, 0.3) is 0 Å². The highest BCUT2D eigenvalue weighted by Crippen LogP contribution is 2.25. The Hall–Kier alpha value is -0.440. The van der Waals surface area contributed by atoms with Crippen molar-refractivity contribution in [2.24, 2.45) is 5.41 Å². The molecule has 0 aliphatic heterocycles. The first-order valence-electron chi connectivity index (χ1n) is 4.68. The fourth-order valence-electron chi connectivity index (χ4n) is 0.987. The Morgan fingerprint density at radius 1 is 1.25 bits per heavy atom. The van der Waals surface area contributed by atoms with E-state index in [4.69, 9.17) is 34.8 Å². The quantitative estimate of drug-likeness (QED) is 0.826. The molecule has 1 amide bonds. The average molecular weight is 281 g/mol. The normalized spacial score (nSPS) is 11.3. The van der Waals surface area contributed by atoms with Gasteiger partial charge in [0.05, 0.1) is 5.41 Å². The minimum absolute atomic E-state index is 0.166. The monoisotopic (exact) mass is 279 g/mol. The van der Waals surface area contributed by atoms with Gasteiger partial charge in [0.15, 0.2) is 0 Å². The van der Waals surface area contributed by atoms with Gasteiger partial charge in [0, 0.05) is 21.6 Å². The second-order valence-corrected chi connectivity index (χ2v) is 5.27. The van der Waals surface area contributed by atoms with Gasteiger partial charge in [0.1, 0.15) is 0 Å². The average Bonchev–Trinajstić information content (AvgIpc) is 2.15. The molecule has 1 aromatic rings. The predicted molar refractivity (Wildman–Crippen MR) is 69.6 cm³/mol. The topological polar surface area (TPSA) is 29.1 Å². The second-order valence-electron chi connectivity index (χ2n) is 4.13. The van der Waals surface area contributed by atoms with Crippen LogP contribution in [0.1, 0.15) is 13.8 Å². The van der Waals surface area contributed by atoms with Crippen molar-refractivity contribution in [2.75, 3.05) is 11.2 Å². The molecule has 1 rings (SSSR count). The van der Waals surface area contributed by atoms with E-state index in [0.29, 0.717) is 15.7 Å². The summed E-state index contributed by atoms with van der Waals surface area (Å²) in [5.41, 5.74) is -0.0585. The van der Waals surface area contributed by atoms with Crippen molar-refractivity contribution in [1.29, 1.82) is 0 Å². The van der Waals surface area contributed by atoms with Crippen LogP contribution >= 0.6 is 34.8 Å². The summed E-state index contributed by atoms with van der Waals surface area (Å²) >= 11 is 17.3. The molecule has 88 valence electrons. The van der Waals surface area contributed by atoms with Crippen LogP contribution in [0.3, 0.4) is 0 Å². The number of halogens is 3. The third-order valence-electron chi connectivity index (χ3n) is 2.07. The molecule has 0 aliphatic carbocycles. The van der Waals surface area contributed by atoms with E-state index in [0.717, 1.165) is 0 Å². The molecular formula is C11H12Cl3NO. The lowest BCUT2D eigenvalue weighted by atomic mass is 9.95. The van der Waals surface area contributed by atoms with Crippen molar-refractivity contribution in [3.05, 3.63) is 28.2 Å². The Kier molecular flexibility index (Phi) is 4.48. The van der Waals surface area contributed by atoms with E-state index in [2.05, 4.69) is 5.32 Å². The smallest absolute Gasteiger partial charge is 0.231 e. The standard InChI is InChI=1S/C11H12Cl3NO/c1-11(2,6-12)10(16)15-9-4-7(13)3-8(14)5-9/h3-5H,6H2,1-2H3,(H,15,16). The Bertz CT molecular complexity index is 384. The van der Waals surface area contributed by atoms with Gasteiger partial charge in [-0.25, -0.2) is 0 Å². The Morgan fingerprint density at radius 3 is 2.19 bits per heavy atom. The molecular weight excluding hydrogens is 268 g/mol. The fourth-order valence-corrected chi connectivity index (χ4v) is 1.63. The predicted octanol–water partition coefficient (Wildman–Crippen LogP) is 4.20. The van der Waals surface area contributed by atoms with Crippen molar-refractivity contribution in [1.82, 2.24) is 0 Å². The highest BCUT2D eigenvalue weighted by Gasteiger charge is 2.26. The third kappa shape index (κ3) is 3.55. The molecule has 0 spiro atoms. The molecule has 0 atom stereocenters. The first-order valence-corrected chi connectivity index (χ1v) is 5.98. The van der Waals surface area contributed by atoms with Gasteiger partial charge >= 0.3 is 0 Å². The molecule has 0 radical (unpaired) electrons. The van der Waals surface area contributed by atoms with Crippen LogP contribution in [0.4, 0.5) is 5.69 Å². The number of anilines is 1. The highest BCUT2D eigenvalue weighted by atomic mass is 35.5. The second kappa shape index (κ2) is 5.26. The van der Waals surface area contributed by atoms with E-state index in [-0.39, 0.29) is 11.8 Å². The molecule has 0 saturated carbocycles. The van der Waals surface area contributed by atoms with Gasteiger partial charge < -0.3 is 5.32 Å². The number of benzene rings is 1. The minimum Gasteiger partial charge on any atom is -0.325 e. The van der Waals surface area contributed by atoms with E-state index in [1.165, 1.54) is 0 Å². The zero-order chi connectivity index (χ0) is 12.3. The summed E-state index contributed by atoms with van der Waals surface area (Å²) in [5, 5.41) is 3.68. The van der Waals surface area contributed by atoms with E-state index in [1.54, 1.807) is 32.0 Å². The van der Waals surface area contributed by atoms with Crippen molar-refractivity contribution in [2.45, 2.75) is 13.8 Å². The Labute approximate surface area is 110 Å². The van der Waals surface area contributed by atoms with Gasteiger partial charge in [-0.1, -0.05) is 23.2 Å². The van der Waals surface area contributed by atoms with Gasteiger partial charge in [-0.3, -0.25) is 4.79 Å². The minimum atomic E-state index is -0.629. The number of hydrogen-bond donors (Lipinski definition) is 1. The SMILES string of the molecule is CC(C)(CCl)C(=O)Nc1cc(Cl)cc(Cl)c1.